The van der Waals surface area contributed by atoms with Crippen LogP contribution in [0.2, 0.25) is 0 Å². The Kier molecular flexibility index (Phi) is 4.52. The number of para-hydroxylation sites is 2. The summed E-state index contributed by atoms with van der Waals surface area (Å²) in [6.07, 6.45) is 0. The van der Waals surface area contributed by atoms with Gasteiger partial charge in [0.15, 0.2) is 0 Å². The summed E-state index contributed by atoms with van der Waals surface area (Å²) in [5.74, 6) is 0. The maximum absolute atomic E-state index is 10.6. The summed E-state index contributed by atoms with van der Waals surface area (Å²) >= 11 is 0. The van der Waals surface area contributed by atoms with Crippen LogP contribution in [0.5, 0.6) is 0 Å². The van der Waals surface area contributed by atoms with Gasteiger partial charge in [-0.3, -0.25) is 10.1 Å². The van der Waals surface area contributed by atoms with Crippen molar-refractivity contribution in [2.75, 3.05) is 25.3 Å². The largest absolute Gasteiger partial charge is 0.394 e. The molecule has 15 heavy (non-hydrogen) atoms. The van der Waals surface area contributed by atoms with Crippen molar-refractivity contribution in [3.8, 4) is 0 Å². The summed E-state index contributed by atoms with van der Waals surface area (Å²) in [4.78, 5) is 10.1. The fourth-order valence-corrected chi connectivity index (χ4v) is 1.05. The van der Waals surface area contributed by atoms with E-state index in [0.717, 1.165) is 0 Å². The molecule has 1 aromatic rings. The molecule has 1 aromatic carbocycles. The van der Waals surface area contributed by atoms with Crippen molar-refractivity contribution in [2.45, 2.75) is 0 Å². The minimum Gasteiger partial charge on any atom is -0.394 e. The predicted octanol–water partition coefficient (Wildman–Crippen LogP) is 0.973. The molecular weight excluding hydrogens is 200 g/mol. The third kappa shape index (κ3) is 3.53. The van der Waals surface area contributed by atoms with Crippen molar-refractivity contribution < 1.29 is 14.8 Å². The Morgan fingerprint density at radius 1 is 1.47 bits per heavy atom. The normalized spacial score (nSPS) is 9.93. The molecule has 1 rings (SSSR count). The number of aliphatic hydroxyl groups is 1. The van der Waals surface area contributed by atoms with E-state index < -0.39 is 4.92 Å². The van der Waals surface area contributed by atoms with E-state index in [2.05, 4.69) is 5.32 Å². The second-order valence-electron chi connectivity index (χ2n) is 2.73. The zero-order chi connectivity index (χ0) is 11.1. The Balaban J connectivity index is 2.56. The van der Waals surface area contributed by atoms with E-state index >= 15 is 0 Å². The lowest BCUT2D eigenvalue weighted by Crippen LogP contribution is -2.10. The molecule has 0 amide bonds. The van der Waals surface area contributed by atoms with Crippen LogP contribution in [0.3, 0.4) is 0 Å². The fraction of sp³-hybridized carbons (Fsp3) is 0.333. The van der Waals surface area contributed by atoms with Crippen molar-refractivity contribution in [3.63, 3.8) is 0 Å². The lowest BCUT2D eigenvalue weighted by molar-refractivity contribution is -0.384. The molecule has 0 atom stereocenters. The highest BCUT2D eigenvalue weighted by molar-refractivity contribution is 5.60. The third-order valence-electron chi connectivity index (χ3n) is 1.70. The van der Waals surface area contributed by atoms with Gasteiger partial charge in [0, 0.05) is 6.07 Å². The van der Waals surface area contributed by atoms with Crippen LogP contribution in [0.4, 0.5) is 11.4 Å². The molecule has 0 heterocycles. The molecule has 0 spiro atoms. The van der Waals surface area contributed by atoms with E-state index in [9.17, 15) is 10.1 Å². The van der Waals surface area contributed by atoms with Gasteiger partial charge in [-0.2, -0.15) is 0 Å². The quantitative estimate of drug-likeness (QED) is 0.317. The molecule has 0 radical (unpaired) electrons. The first-order chi connectivity index (χ1) is 7.25. The molecular formula is C9H12N2O4. The zero-order valence-electron chi connectivity index (χ0n) is 8.05. The maximum atomic E-state index is 10.6. The van der Waals surface area contributed by atoms with Gasteiger partial charge in [-0.05, 0) is 6.07 Å². The van der Waals surface area contributed by atoms with Crippen molar-refractivity contribution in [2.24, 2.45) is 0 Å². The number of nitrogens with one attached hydrogen (secondary N) is 1. The Hall–Kier alpha value is -1.66. The van der Waals surface area contributed by atoms with E-state index in [1.807, 2.05) is 0 Å². The Labute approximate surface area is 86.6 Å². The van der Waals surface area contributed by atoms with Gasteiger partial charge in [-0.25, -0.2) is 0 Å². The van der Waals surface area contributed by atoms with E-state index in [-0.39, 0.29) is 25.6 Å². The summed E-state index contributed by atoms with van der Waals surface area (Å²) in [5, 5.41) is 21.8. The number of hydrogen-bond acceptors (Lipinski definition) is 5. The molecule has 2 N–H and O–H groups in total. The van der Waals surface area contributed by atoms with Gasteiger partial charge in [-0.15, -0.1) is 0 Å². The molecule has 82 valence electrons. The minimum absolute atomic E-state index is 0.00472. The number of anilines is 1. The van der Waals surface area contributed by atoms with Crippen LogP contribution in [0.15, 0.2) is 24.3 Å². The first-order valence-electron chi connectivity index (χ1n) is 4.41. The van der Waals surface area contributed by atoms with Crippen molar-refractivity contribution in [1.82, 2.24) is 0 Å². The zero-order valence-corrected chi connectivity index (χ0v) is 8.05. The van der Waals surface area contributed by atoms with E-state index in [4.69, 9.17) is 9.84 Å². The number of hydrogen-bond donors (Lipinski definition) is 2. The lowest BCUT2D eigenvalue weighted by Gasteiger charge is -2.06. The van der Waals surface area contributed by atoms with Crippen LogP contribution >= 0.6 is 0 Å². The highest BCUT2D eigenvalue weighted by atomic mass is 16.6. The number of rotatable bonds is 6. The molecule has 6 heteroatoms. The minimum atomic E-state index is -0.464. The molecule has 0 saturated heterocycles. The Morgan fingerprint density at radius 3 is 2.87 bits per heavy atom. The Morgan fingerprint density at radius 2 is 2.20 bits per heavy atom. The van der Waals surface area contributed by atoms with Crippen LogP contribution in [0, 0.1) is 10.1 Å². The SMILES string of the molecule is O=[N+]([O-])c1ccccc1NCOCCO. The van der Waals surface area contributed by atoms with Gasteiger partial charge < -0.3 is 15.2 Å². The van der Waals surface area contributed by atoms with Crippen LogP contribution in [-0.2, 0) is 4.74 Å². The van der Waals surface area contributed by atoms with E-state index in [1.54, 1.807) is 18.2 Å². The topological polar surface area (TPSA) is 84.6 Å². The molecule has 0 aliphatic rings. The third-order valence-corrected chi connectivity index (χ3v) is 1.70. The molecule has 0 aliphatic carbocycles. The summed E-state index contributed by atoms with van der Waals surface area (Å²) in [7, 11) is 0. The number of nitro benzene ring substituents is 1. The van der Waals surface area contributed by atoms with Gasteiger partial charge in [0.1, 0.15) is 12.4 Å². The second kappa shape index (κ2) is 5.94. The van der Waals surface area contributed by atoms with Crippen LogP contribution in [0.25, 0.3) is 0 Å². The highest BCUT2D eigenvalue weighted by Crippen LogP contribution is 2.22. The average molecular weight is 212 g/mol. The van der Waals surface area contributed by atoms with Gasteiger partial charge in [-0.1, -0.05) is 12.1 Å². The van der Waals surface area contributed by atoms with Crippen molar-refractivity contribution in [1.29, 1.82) is 0 Å². The second-order valence-corrected chi connectivity index (χ2v) is 2.73. The Bertz CT molecular complexity index is 330. The first kappa shape index (κ1) is 11.4. The first-order valence-corrected chi connectivity index (χ1v) is 4.41. The molecule has 0 bridgehead atoms. The van der Waals surface area contributed by atoms with Gasteiger partial charge in [0.2, 0.25) is 0 Å². The van der Waals surface area contributed by atoms with Crippen molar-refractivity contribution in [3.05, 3.63) is 34.4 Å². The predicted molar refractivity (Wildman–Crippen MR) is 54.6 cm³/mol. The van der Waals surface area contributed by atoms with E-state index in [1.165, 1.54) is 6.07 Å². The number of aliphatic hydroxyl groups excluding tert-OH is 1. The fourth-order valence-electron chi connectivity index (χ4n) is 1.05. The maximum Gasteiger partial charge on any atom is 0.292 e. The number of nitrogens with zero attached hydrogens (tertiary/aromatic N) is 1. The highest BCUT2D eigenvalue weighted by Gasteiger charge is 2.10. The molecule has 0 saturated carbocycles. The summed E-state index contributed by atoms with van der Waals surface area (Å²) in [6.45, 7) is 0.262. The molecule has 0 unspecified atom stereocenters. The van der Waals surface area contributed by atoms with E-state index in [0.29, 0.717) is 5.69 Å². The summed E-state index contributed by atoms with van der Waals surface area (Å²) in [6, 6.07) is 6.30. The van der Waals surface area contributed by atoms with Gasteiger partial charge >= 0.3 is 0 Å². The lowest BCUT2D eigenvalue weighted by atomic mass is 10.3. The molecule has 6 nitrogen and oxygen atoms in total. The van der Waals surface area contributed by atoms with Crippen LogP contribution in [-0.4, -0.2) is 30.0 Å². The van der Waals surface area contributed by atoms with Gasteiger partial charge in [0.05, 0.1) is 18.1 Å². The molecule has 0 aliphatic heterocycles. The van der Waals surface area contributed by atoms with Crippen molar-refractivity contribution >= 4 is 11.4 Å². The van der Waals surface area contributed by atoms with Gasteiger partial charge in [0.25, 0.3) is 5.69 Å². The number of ether oxygens (including phenoxy) is 1. The summed E-state index contributed by atoms with van der Waals surface area (Å²) in [5.41, 5.74) is 0.408. The standard InChI is InChI=1S/C9H12N2O4/c12-5-6-15-7-10-8-3-1-2-4-9(8)11(13)14/h1-4,10,12H,5-7H2. The molecule has 0 fully saturated rings. The molecule has 0 aromatic heterocycles. The number of benzene rings is 1. The monoisotopic (exact) mass is 212 g/mol. The average Bonchev–Trinajstić information content (AvgIpc) is 2.25. The smallest absolute Gasteiger partial charge is 0.292 e. The van der Waals surface area contributed by atoms with Crippen LogP contribution < -0.4 is 5.32 Å². The van der Waals surface area contributed by atoms with Crippen LogP contribution in [0.1, 0.15) is 0 Å². The number of nitro groups is 1. The summed E-state index contributed by atoms with van der Waals surface area (Å²) < 4.78 is 4.94.